The van der Waals surface area contributed by atoms with Crippen molar-refractivity contribution in [2.75, 3.05) is 19.7 Å². The summed E-state index contributed by atoms with van der Waals surface area (Å²) in [4.78, 5) is 26.4. The van der Waals surface area contributed by atoms with Crippen LogP contribution in [0.5, 0.6) is 0 Å². The average Bonchev–Trinajstić information content (AvgIpc) is 3.38. The second-order valence-electron chi connectivity index (χ2n) is 7.21. The predicted octanol–water partition coefficient (Wildman–Crippen LogP) is 2.78. The number of rotatable bonds is 4. The molecule has 0 aromatic carbocycles. The Bertz CT molecular complexity index is 455. The SMILES string of the molecule is CC1CC=CCC1COC(=O)C1CCCN(C(=O)C2CC2)C1. The normalized spacial score (nSPS) is 31.9. The van der Waals surface area contributed by atoms with Crippen molar-refractivity contribution in [1.82, 2.24) is 4.90 Å². The van der Waals surface area contributed by atoms with Crippen molar-refractivity contribution >= 4 is 11.9 Å². The largest absolute Gasteiger partial charge is 0.465 e. The molecule has 0 aromatic rings. The first kappa shape index (κ1) is 15.6. The van der Waals surface area contributed by atoms with E-state index in [9.17, 15) is 9.59 Å². The van der Waals surface area contributed by atoms with Gasteiger partial charge >= 0.3 is 5.97 Å². The second kappa shape index (κ2) is 6.84. The maximum atomic E-state index is 12.3. The van der Waals surface area contributed by atoms with Gasteiger partial charge in [-0.3, -0.25) is 9.59 Å². The Kier molecular flexibility index (Phi) is 4.84. The van der Waals surface area contributed by atoms with Crippen LogP contribution in [0.25, 0.3) is 0 Å². The Labute approximate surface area is 132 Å². The quantitative estimate of drug-likeness (QED) is 0.593. The third kappa shape index (κ3) is 3.71. The number of amides is 1. The fraction of sp³-hybridized carbons (Fsp3) is 0.778. The van der Waals surface area contributed by atoms with Crippen LogP contribution >= 0.6 is 0 Å². The van der Waals surface area contributed by atoms with E-state index in [-0.39, 0.29) is 23.7 Å². The summed E-state index contributed by atoms with van der Waals surface area (Å²) in [5, 5.41) is 0. The molecule has 0 radical (unpaired) electrons. The molecule has 2 aliphatic carbocycles. The van der Waals surface area contributed by atoms with E-state index in [1.54, 1.807) is 0 Å². The molecule has 122 valence electrons. The molecular weight excluding hydrogens is 278 g/mol. The zero-order valence-electron chi connectivity index (χ0n) is 13.5. The fourth-order valence-electron chi connectivity index (χ4n) is 3.50. The van der Waals surface area contributed by atoms with Gasteiger partial charge < -0.3 is 9.64 Å². The summed E-state index contributed by atoms with van der Waals surface area (Å²) in [7, 11) is 0. The Balaban J connectivity index is 1.46. The maximum absolute atomic E-state index is 12.3. The maximum Gasteiger partial charge on any atom is 0.310 e. The second-order valence-corrected chi connectivity index (χ2v) is 7.21. The van der Waals surface area contributed by atoms with Gasteiger partial charge in [-0.2, -0.15) is 0 Å². The first-order chi connectivity index (χ1) is 10.6. The molecule has 3 unspecified atom stereocenters. The minimum absolute atomic E-state index is 0.102. The lowest BCUT2D eigenvalue weighted by atomic mass is 9.85. The minimum atomic E-state index is -0.120. The Hall–Kier alpha value is -1.32. The highest BCUT2D eigenvalue weighted by Gasteiger charge is 2.37. The summed E-state index contributed by atoms with van der Waals surface area (Å²) in [6.07, 6.45) is 10.3. The Morgan fingerprint density at radius 1 is 1.14 bits per heavy atom. The van der Waals surface area contributed by atoms with Crippen LogP contribution in [0, 0.1) is 23.7 Å². The molecule has 3 atom stereocenters. The van der Waals surface area contributed by atoms with Gasteiger partial charge in [0.25, 0.3) is 0 Å². The van der Waals surface area contributed by atoms with E-state index in [0.29, 0.717) is 25.0 Å². The molecular formula is C18H27NO3. The van der Waals surface area contributed by atoms with Crippen LogP contribution in [-0.4, -0.2) is 36.5 Å². The Morgan fingerprint density at radius 2 is 1.91 bits per heavy atom. The minimum Gasteiger partial charge on any atom is -0.465 e. The van der Waals surface area contributed by atoms with Gasteiger partial charge in [-0.15, -0.1) is 0 Å². The number of likely N-dealkylation sites (tertiary alicyclic amines) is 1. The Morgan fingerprint density at radius 3 is 2.64 bits per heavy atom. The van der Waals surface area contributed by atoms with Crippen LogP contribution in [0.2, 0.25) is 0 Å². The van der Waals surface area contributed by atoms with Crippen molar-refractivity contribution in [3.05, 3.63) is 12.2 Å². The van der Waals surface area contributed by atoms with E-state index in [0.717, 1.165) is 45.1 Å². The molecule has 3 rings (SSSR count). The van der Waals surface area contributed by atoms with E-state index in [1.807, 2.05) is 4.90 Å². The van der Waals surface area contributed by atoms with Crippen LogP contribution in [0.4, 0.5) is 0 Å². The van der Waals surface area contributed by atoms with Gasteiger partial charge in [0.15, 0.2) is 0 Å². The molecule has 1 heterocycles. The van der Waals surface area contributed by atoms with Crippen molar-refractivity contribution in [3.63, 3.8) is 0 Å². The van der Waals surface area contributed by atoms with Crippen molar-refractivity contribution < 1.29 is 14.3 Å². The number of ether oxygens (including phenoxy) is 1. The highest BCUT2D eigenvalue weighted by Crippen LogP contribution is 2.33. The number of allylic oxidation sites excluding steroid dienone is 2. The number of nitrogens with zero attached hydrogens (tertiary/aromatic N) is 1. The topological polar surface area (TPSA) is 46.6 Å². The van der Waals surface area contributed by atoms with E-state index in [1.165, 1.54) is 0 Å². The molecule has 1 amide bonds. The smallest absolute Gasteiger partial charge is 0.310 e. The number of esters is 1. The van der Waals surface area contributed by atoms with Crippen LogP contribution < -0.4 is 0 Å². The molecule has 1 saturated carbocycles. The lowest BCUT2D eigenvalue weighted by molar-refractivity contribution is -0.153. The molecule has 1 aliphatic heterocycles. The van der Waals surface area contributed by atoms with Gasteiger partial charge in [-0.25, -0.2) is 0 Å². The molecule has 4 heteroatoms. The zero-order chi connectivity index (χ0) is 15.5. The number of piperidine rings is 1. The number of hydrogen-bond acceptors (Lipinski definition) is 3. The molecule has 4 nitrogen and oxygen atoms in total. The summed E-state index contributed by atoms with van der Waals surface area (Å²) < 4.78 is 5.58. The monoisotopic (exact) mass is 305 g/mol. The summed E-state index contributed by atoms with van der Waals surface area (Å²) in [6, 6.07) is 0. The van der Waals surface area contributed by atoms with Gasteiger partial charge in [-0.05, 0) is 50.4 Å². The number of carbonyl (C=O) groups excluding carboxylic acids is 2. The first-order valence-electron chi connectivity index (χ1n) is 8.75. The summed E-state index contributed by atoms with van der Waals surface area (Å²) in [5.74, 6) is 1.30. The van der Waals surface area contributed by atoms with E-state index >= 15 is 0 Å². The van der Waals surface area contributed by atoms with Crippen LogP contribution in [-0.2, 0) is 14.3 Å². The molecule has 0 aromatic heterocycles. The summed E-state index contributed by atoms with van der Waals surface area (Å²) in [5.41, 5.74) is 0. The fourth-order valence-corrected chi connectivity index (χ4v) is 3.50. The highest BCUT2D eigenvalue weighted by molar-refractivity contribution is 5.82. The third-order valence-electron chi connectivity index (χ3n) is 5.35. The lowest BCUT2D eigenvalue weighted by Crippen LogP contribution is -2.43. The summed E-state index contributed by atoms with van der Waals surface area (Å²) >= 11 is 0. The zero-order valence-corrected chi connectivity index (χ0v) is 13.5. The molecule has 3 aliphatic rings. The van der Waals surface area contributed by atoms with Gasteiger partial charge in [-0.1, -0.05) is 19.1 Å². The molecule has 0 N–H and O–H groups in total. The van der Waals surface area contributed by atoms with Crippen molar-refractivity contribution in [1.29, 1.82) is 0 Å². The predicted molar refractivity (Wildman–Crippen MR) is 84.0 cm³/mol. The van der Waals surface area contributed by atoms with Crippen molar-refractivity contribution in [2.45, 2.75) is 45.4 Å². The van der Waals surface area contributed by atoms with Crippen LogP contribution in [0.15, 0.2) is 12.2 Å². The van der Waals surface area contributed by atoms with Gasteiger partial charge in [0.1, 0.15) is 0 Å². The molecule has 1 saturated heterocycles. The number of carbonyl (C=O) groups is 2. The highest BCUT2D eigenvalue weighted by atomic mass is 16.5. The molecule has 0 spiro atoms. The third-order valence-corrected chi connectivity index (χ3v) is 5.35. The molecule has 22 heavy (non-hydrogen) atoms. The van der Waals surface area contributed by atoms with Crippen LogP contribution in [0.3, 0.4) is 0 Å². The summed E-state index contributed by atoms with van der Waals surface area (Å²) in [6.45, 7) is 4.12. The standard InChI is InChI=1S/C18H27NO3/c1-13-5-2-3-6-16(13)12-22-18(21)15-7-4-10-19(11-15)17(20)14-8-9-14/h2-3,13-16H,4-12H2,1H3. The van der Waals surface area contributed by atoms with E-state index in [2.05, 4.69) is 19.1 Å². The van der Waals surface area contributed by atoms with E-state index in [4.69, 9.17) is 4.74 Å². The van der Waals surface area contributed by atoms with E-state index < -0.39 is 0 Å². The lowest BCUT2D eigenvalue weighted by Gasteiger charge is -2.32. The van der Waals surface area contributed by atoms with Gasteiger partial charge in [0.05, 0.1) is 12.5 Å². The molecule has 2 fully saturated rings. The molecule has 0 bridgehead atoms. The first-order valence-corrected chi connectivity index (χ1v) is 8.75. The van der Waals surface area contributed by atoms with Crippen molar-refractivity contribution in [3.8, 4) is 0 Å². The van der Waals surface area contributed by atoms with Crippen molar-refractivity contribution in [2.24, 2.45) is 23.7 Å². The average molecular weight is 305 g/mol. The van der Waals surface area contributed by atoms with Gasteiger partial charge in [0.2, 0.25) is 5.91 Å². The van der Waals surface area contributed by atoms with Gasteiger partial charge in [0, 0.05) is 19.0 Å². The van der Waals surface area contributed by atoms with Crippen LogP contribution in [0.1, 0.15) is 45.4 Å². The number of hydrogen-bond donors (Lipinski definition) is 0.